The van der Waals surface area contributed by atoms with Crippen molar-refractivity contribution >= 4 is 39.5 Å². The Bertz CT molecular complexity index is 596. The Morgan fingerprint density at radius 1 is 1.37 bits per heavy atom. The summed E-state index contributed by atoms with van der Waals surface area (Å²) in [6, 6.07) is 5.67. The van der Waals surface area contributed by atoms with Gasteiger partial charge in [0.15, 0.2) is 6.23 Å². The van der Waals surface area contributed by atoms with Gasteiger partial charge in [0.1, 0.15) is 5.59 Å². The van der Waals surface area contributed by atoms with Crippen LogP contribution in [0.5, 0.6) is 0 Å². The quantitative estimate of drug-likeness (QED) is 0.814. The van der Waals surface area contributed by atoms with E-state index in [1.54, 1.807) is 4.68 Å². The number of nitrogens with zero attached hydrogens (tertiary/aromatic N) is 2. The number of fused-ring (bicyclic) bond motifs is 1. The fourth-order valence-corrected chi connectivity index (χ4v) is 2.82. The Morgan fingerprint density at radius 3 is 2.89 bits per heavy atom. The zero-order valence-electron chi connectivity index (χ0n) is 10.3. The summed E-state index contributed by atoms with van der Waals surface area (Å²) < 4.78 is 8.36. The Morgan fingerprint density at radius 2 is 2.21 bits per heavy atom. The van der Waals surface area contributed by atoms with Crippen LogP contribution >= 0.6 is 15.9 Å². The van der Waals surface area contributed by atoms with Crippen LogP contribution < -0.4 is 5.59 Å². The highest BCUT2D eigenvalue weighted by molar-refractivity contribution is 9.10. The van der Waals surface area contributed by atoms with E-state index in [4.69, 9.17) is 4.74 Å². The van der Waals surface area contributed by atoms with Gasteiger partial charge in [-0.2, -0.15) is 5.10 Å². The number of hydrogen-bond donors (Lipinski definition) is 2. The predicted molar refractivity (Wildman–Crippen MR) is 76.1 cm³/mol. The van der Waals surface area contributed by atoms with Crippen molar-refractivity contribution in [2.24, 2.45) is 0 Å². The summed E-state index contributed by atoms with van der Waals surface area (Å²) in [5.41, 5.74) is 1.13. The summed E-state index contributed by atoms with van der Waals surface area (Å²) in [4.78, 5) is 0. The van der Waals surface area contributed by atoms with Crippen molar-refractivity contribution in [1.82, 2.24) is 9.78 Å². The molecule has 0 saturated carbocycles. The molecule has 1 atom stereocenters. The molecule has 1 aliphatic heterocycles. The fraction of sp³-hybridized carbons (Fsp3) is 0.417. The SMILES string of the molecule is OB(O)c1nn(C2CCCCO2)c2ccc(Br)cc12. The lowest BCUT2D eigenvalue weighted by molar-refractivity contribution is -0.0364. The molecule has 100 valence electrons. The van der Waals surface area contributed by atoms with Gasteiger partial charge >= 0.3 is 7.12 Å². The summed E-state index contributed by atoms with van der Waals surface area (Å²) in [5.74, 6) is 0. The average molecular weight is 325 g/mol. The first-order chi connectivity index (χ1) is 9.16. The molecule has 0 amide bonds. The highest BCUT2D eigenvalue weighted by Gasteiger charge is 2.25. The molecule has 1 unspecified atom stereocenters. The second-order valence-electron chi connectivity index (χ2n) is 4.69. The minimum Gasteiger partial charge on any atom is -0.422 e. The molecule has 0 radical (unpaired) electrons. The van der Waals surface area contributed by atoms with Crippen LogP contribution in [0.1, 0.15) is 25.5 Å². The van der Waals surface area contributed by atoms with Crippen molar-refractivity contribution in [3.05, 3.63) is 22.7 Å². The van der Waals surface area contributed by atoms with E-state index in [1.807, 2.05) is 18.2 Å². The molecular formula is C12H14BBrN2O3. The third-order valence-electron chi connectivity index (χ3n) is 3.37. The van der Waals surface area contributed by atoms with Gasteiger partial charge in [0, 0.05) is 16.5 Å². The van der Waals surface area contributed by atoms with Crippen LogP contribution in [0.4, 0.5) is 0 Å². The molecular weight excluding hydrogens is 311 g/mol. The van der Waals surface area contributed by atoms with Crippen molar-refractivity contribution in [1.29, 1.82) is 0 Å². The molecule has 19 heavy (non-hydrogen) atoms. The molecule has 0 bridgehead atoms. The first-order valence-corrected chi connectivity index (χ1v) is 7.11. The standard InChI is InChI=1S/C12H14BBrN2O3/c14-8-4-5-10-9(7-8)12(13(17)18)15-16(10)11-3-1-2-6-19-11/h4-5,7,11,17-18H,1-3,6H2. The lowest BCUT2D eigenvalue weighted by Crippen LogP contribution is -2.33. The van der Waals surface area contributed by atoms with E-state index in [1.165, 1.54) is 0 Å². The van der Waals surface area contributed by atoms with Crippen molar-refractivity contribution in [3.63, 3.8) is 0 Å². The molecule has 1 aromatic heterocycles. The first-order valence-electron chi connectivity index (χ1n) is 6.32. The van der Waals surface area contributed by atoms with Crippen molar-refractivity contribution in [3.8, 4) is 0 Å². The molecule has 2 N–H and O–H groups in total. The van der Waals surface area contributed by atoms with E-state index in [2.05, 4.69) is 21.0 Å². The number of benzene rings is 1. The Balaban J connectivity index is 2.13. The largest absolute Gasteiger partial charge is 0.510 e. The minimum absolute atomic E-state index is 0.120. The molecule has 5 nitrogen and oxygen atoms in total. The first kappa shape index (κ1) is 13.1. The molecule has 2 aromatic rings. The second kappa shape index (κ2) is 5.24. The Kier molecular flexibility index (Phi) is 3.62. The maximum atomic E-state index is 9.45. The van der Waals surface area contributed by atoms with E-state index in [9.17, 15) is 10.0 Å². The van der Waals surface area contributed by atoms with Gasteiger partial charge in [0.25, 0.3) is 0 Å². The van der Waals surface area contributed by atoms with Crippen LogP contribution in [0, 0.1) is 0 Å². The zero-order valence-corrected chi connectivity index (χ0v) is 11.9. The second-order valence-corrected chi connectivity index (χ2v) is 5.60. The van der Waals surface area contributed by atoms with Gasteiger partial charge in [-0.05, 0) is 37.5 Å². The molecule has 1 aliphatic rings. The number of ether oxygens (including phenoxy) is 1. The number of halogens is 1. The highest BCUT2D eigenvalue weighted by Crippen LogP contribution is 2.26. The van der Waals surface area contributed by atoms with Crippen LogP contribution in [0.2, 0.25) is 0 Å². The summed E-state index contributed by atoms with van der Waals surface area (Å²) >= 11 is 3.39. The number of hydrogen-bond acceptors (Lipinski definition) is 4. The molecule has 0 aliphatic carbocycles. The van der Waals surface area contributed by atoms with Gasteiger partial charge in [0.2, 0.25) is 0 Å². The normalized spacial score (nSPS) is 19.8. The summed E-state index contributed by atoms with van der Waals surface area (Å²) in [6.45, 7) is 0.722. The fourth-order valence-electron chi connectivity index (χ4n) is 2.46. The Hall–Kier alpha value is -0.885. The van der Waals surface area contributed by atoms with E-state index < -0.39 is 7.12 Å². The number of aromatic nitrogens is 2. The molecule has 1 saturated heterocycles. The highest BCUT2D eigenvalue weighted by atomic mass is 79.9. The molecule has 0 spiro atoms. The number of rotatable bonds is 2. The van der Waals surface area contributed by atoms with E-state index in [-0.39, 0.29) is 11.8 Å². The van der Waals surface area contributed by atoms with Crippen LogP contribution in [0.25, 0.3) is 10.9 Å². The molecule has 1 aromatic carbocycles. The van der Waals surface area contributed by atoms with Gasteiger partial charge in [0.05, 0.1) is 5.52 Å². The van der Waals surface area contributed by atoms with Crippen molar-refractivity contribution in [2.45, 2.75) is 25.5 Å². The van der Waals surface area contributed by atoms with Crippen LogP contribution in [-0.2, 0) is 4.74 Å². The van der Waals surface area contributed by atoms with Crippen LogP contribution in [-0.4, -0.2) is 33.6 Å². The van der Waals surface area contributed by atoms with Crippen molar-refractivity contribution < 1.29 is 14.8 Å². The molecule has 2 heterocycles. The maximum absolute atomic E-state index is 9.45. The van der Waals surface area contributed by atoms with Crippen molar-refractivity contribution in [2.75, 3.05) is 6.61 Å². The van der Waals surface area contributed by atoms with Gasteiger partial charge in [-0.15, -0.1) is 0 Å². The average Bonchev–Trinajstić information content (AvgIpc) is 2.78. The van der Waals surface area contributed by atoms with Gasteiger partial charge in [-0.25, -0.2) is 4.68 Å². The lowest BCUT2D eigenvalue weighted by Gasteiger charge is -2.23. The van der Waals surface area contributed by atoms with E-state index in [0.717, 1.165) is 41.2 Å². The predicted octanol–water partition coefficient (Wildman–Crippen LogP) is 1.18. The topological polar surface area (TPSA) is 67.5 Å². The zero-order chi connectivity index (χ0) is 13.4. The monoisotopic (exact) mass is 324 g/mol. The van der Waals surface area contributed by atoms with Gasteiger partial charge in [-0.3, -0.25) is 0 Å². The smallest absolute Gasteiger partial charge is 0.422 e. The van der Waals surface area contributed by atoms with E-state index >= 15 is 0 Å². The molecule has 7 heteroatoms. The van der Waals surface area contributed by atoms with Gasteiger partial charge in [-0.1, -0.05) is 15.9 Å². The summed E-state index contributed by atoms with van der Waals surface area (Å²) in [6.07, 6.45) is 2.94. The third kappa shape index (κ3) is 2.43. The lowest BCUT2D eigenvalue weighted by atomic mass is 9.84. The van der Waals surface area contributed by atoms with E-state index in [0.29, 0.717) is 0 Å². The van der Waals surface area contributed by atoms with Crippen LogP contribution in [0.3, 0.4) is 0 Å². The maximum Gasteiger partial charge on any atom is 0.510 e. The summed E-state index contributed by atoms with van der Waals surface area (Å²) in [7, 11) is -1.58. The van der Waals surface area contributed by atoms with Crippen LogP contribution in [0.15, 0.2) is 22.7 Å². The summed E-state index contributed by atoms with van der Waals surface area (Å²) in [5, 5.41) is 24.0. The molecule has 1 fully saturated rings. The third-order valence-corrected chi connectivity index (χ3v) is 3.86. The minimum atomic E-state index is -1.58. The molecule has 3 rings (SSSR count). The van der Waals surface area contributed by atoms with Gasteiger partial charge < -0.3 is 14.8 Å². The Labute approximate surface area is 119 Å².